The van der Waals surface area contributed by atoms with Crippen LogP contribution in [0.25, 0.3) is 43.4 Å². The van der Waals surface area contributed by atoms with E-state index < -0.39 is 144 Å². The number of hydrogen-bond acceptors (Lipinski definition) is 3. The first kappa shape index (κ1) is 32.4. The molecule has 0 amide bonds. The Balaban J connectivity index is 1.35. The van der Waals surface area contributed by atoms with E-state index in [-0.39, 0.29) is 10.9 Å². The third-order valence-corrected chi connectivity index (χ3v) is 8.62. The van der Waals surface area contributed by atoms with E-state index in [0.717, 1.165) is 30.3 Å². The van der Waals surface area contributed by atoms with Crippen LogP contribution in [-0.2, 0) is 6.42 Å². The van der Waals surface area contributed by atoms with E-state index in [0.29, 0.717) is 12.1 Å². The largest absolute Gasteiger partial charge is 0.864 e. The van der Waals surface area contributed by atoms with Crippen LogP contribution in [-0.4, -0.2) is 7.32 Å². The van der Waals surface area contributed by atoms with Crippen LogP contribution in [0.1, 0.15) is 11.1 Å². The first-order valence-electron chi connectivity index (χ1n) is 14.5. The Kier molecular flexibility index (Phi) is 7.22. The first-order valence-corrected chi connectivity index (χ1v) is 14.5. The van der Waals surface area contributed by atoms with E-state index in [4.69, 9.17) is 14.0 Å². The Hall–Kier alpha value is -5.80. The molecule has 0 saturated heterocycles. The van der Waals surface area contributed by atoms with E-state index in [1.165, 1.54) is 12.1 Å². The van der Waals surface area contributed by atoms with Gasteiger partial charge in [0, 0.05) is 39.3 Å². The summed E-state index contributed by atoms with van der Waals surface area (Å²) >= 11 is 0. The maximum Gasteiger partial charge on any atom is 0.864 e. The van der Waals surface area contributed by atoms with Gasteiger partial charge in [0.25, 0.3) is 0 Å². The van der Waals surface area contributed by atoms with Gasteiger partial charge in [-0.1, -0.05) is 24.3 Å². The minimum atomic E-state index is -2.84. The quantitative estimate of drug-likeness (QED) is 0.0742. The molecular formula is C35H11BF12O3. The fourth-order valence-electron chi connectivity index (χ4n) is 6.42. The first-order chi connectivity index (χ1) is 24.3. The minimum Gasteiger partial charge on any atom is -0.487 e. The molecule has 0 heterocycles. The van der Waals surface area contributed by atoms with Crippen molar-refractivity contribution in [2.45, 2.75) is 6.42 Å². The molecule has 8 rings (SSSR count). The molecule has 0 aliphatic heterocycles. The molecule has 51 heavy (non-hydrogen) atoms. The lowest BCUT2D eigenvalue weighted by atomic mass is 9.92. The van der Waals surface area contributed by atoms with E-state index >= 15 is 30.7 Å². The molecule has 0 unspecified atom stereocenters. The molecule has 0 spiro atoms. The van der Waals surface area contributed by atoms with E-state index in [9.17, 15) is 22.0 Å². The monoisotopic (exact) mass is 718 g/mol. The Morgan fingerprint density at radius 3 is 1.84 bits per heavy atom. The Bertz CT molecular complexity index is 2650. The highest BCUT2D eigenvalue weighted by molar-refractivity contribution is 6.40. The van der Waals surface area contributed by atoms with Crippen molar-refractivity contribution in [1.82, 2.24) is 0 Å². The van der Waals surface area contributed by atoms with Crippen molar-refractivity contribution < 1.29 is 66.6 Å². The normalized spacial score (nSPS) is 12.2. The molecule has 1 aliphatic carbocycles. The molecule has 16 heteroatoms. The van der Waals surface area contributed by atoms with Crippen LogP contribution in [0.2, 0.25) is 0 Å². The van der Waals surface area contributed by atoms with Crippen LogP contribution in [0.3, 0.4) is 0 Å². The predicted molar refractivity (Wildman–Crippen MR) is 158 cm³/mol. The fraction of sp³-hybridized carbons (Fsp3) is 0.0286. The van der Waals surface area contributed by atoms with Crippen LogP contribution in [0, 0.1) is 69.8 Å². The summed E-state index contributed by atoms with van der Waals surface area (Å²) in [4.78, 5) is 0. The van der Waals surface area contributed by atoms with Gasteiger partial charge in [0.15, 0.2) is 52.3 Å². The van der Waals surface area contributed by atoms with Crippen molar-refractivity contribution >= 4 is 39.6 Å². The molecule has 0 bridgehead atoms. The van der Waals surface area contributed by atoms with Gasteiger partial charge in [0.05, 0.1) is 10.8 Å². The van der Waals surface area contributed by atoms with Crippen LogP contribution < -0.4 is 14.0 Å². The summed E-state index contributed by atoms with van der Waals surface area (Å²) in [7, 11) is -2.84. The van der Waals surface area contributed by atoms with Crippen LogP contribution >= 0.6 is 0 Å². The molecule has 3 nitrogen and oxygen atoms in total. The van der Waals surface area contributed by atoms with Crippen LogP contribution in [0.5, 0.6) is 17.2 Å². The highest BCUT2D eigenvalue weighted by atomic mass is 19.2. The zero-order chi connectivity index (χ0) is 36.2. The number of fused-ring (bicyclic) bond motifs is 3. The number of rotatable bonds is 6. The summed E-state index contributed by atoms with van der Waals surface area (Å²) in [6.45, 7) is 0. The summed E-state index contributed by atoms with van der Waals surface area (Å²) in [5.41, 5.74) is -1.79. The summed E-state index contributed by atoms with van der Waals surface area (Å²) in [5.74, 6) is -26.0. The topological polar surface area (TPSA) is 27.7 Å². The Morgan fingerprint density at radius 2 is 1.08 bits per heavy atom. The lowest BCUT2D eigenvalue weighted by Gasteiger charge is -2.22. The third kappa shape index (κ3) is 4.57. The highest BCUT2D eigenvalue weighted by Crippen LogP contribution is 2.48. The standard InChI is InChI=1S/C35H11BF12O3/c37-15-3-1-2-12-10-14-22(19(12)15)27(42)31(46)33(48)35(14)51-36(49-18-9-8-17(39)25(40)26(18)41)50-34-13-6-4-11-5-7-16(38)23-20(11)21(13)24(29(44)28(23)43)30(45)32(34)47/h1-9H,10H2. The second-order valence-corrected chi connectivity index (χ2v) is 11.4. The highest BCUT2D eigenvalue weighted by Gasteiger charge is 2.41. The number of halogens is 12. The van der Waals surface area contributed by atoms with Gasteiger partial charge >= 0.3 is 7.32 Å². The number of benzene rings is 7. The van der Waals surface area contributed by atoms with Crippen LogP contribution in [0.4, 0.5) is 52.7 Å². The van der Waals surface area contributed by atoms with Gasteiger partial charge in [-0.3, -0.25) is 0 Å². The van der Waals surface area contributed by atoms with Crippen molar-refractivity contribution in [3.05, 3.63) is 136 Å². The SMILES string of the molecule is Fc1ccc(OB(Oc2c(F)c(F)c(F)c3c2Cc2cccc(F)c2-3)Oc2c(F)c(F)c3c(F)c(F)c4c(F)ccc5ccc2c3c54)c(F)c1F. The number of hydrogen-bond donors (Lipinski definition) is 0. The van der Waals surface area contributed by atoms with Gasteiger partial charge in [-0.2, -0.15) is 13.2 Å². The summed E-state index contributed by atoms with van der Waals surface area (Å²) in [6.07, 6.45) is -0.504. The molecule has 0 aromatic heterocycles. The molecule has 7 aromatic rings. The summed E-state index contributed by atoms with van der Waals surface area (Å²) in [5, 5.41) is -3.86. The van der Waals surface area contributed by atoms with Crippen molar-refractivity contribution in [3.63, 3.8) is 0 Å². The van der Waals surface area contributed by atoms with Gasteiger partial charge in [-0.25, -0.2) is 39.5 Å². The Labute approximate surface area is 276 Å². The molecule has 0 N–H and O–H groups in total. The lowest BCUT2D eigenvalue weighted by Crippen LogP contribution is -2.38. The molecular weight excluding hydrogens is 707 g/mol. The van der Waals surface area contributed by atoms with E-state index in [2.05, 4.69) is 0 Å². The maximum atomic E-state index is 15.8. The van der Waals surface area contributed by atoms with Gasteiger partial charge < -0.3 is 14.0 Å². The third-order valence-electron chi connectivity index (χ3n) is 8.62. The molecule has 7 aromatic carbocycles. The van der Waals surface area contributed by atoms with Crippen molar-refractivity contribution in [3.8, 4) is 28.4 Å². The van der Waals surface area contributed by atoms with Gasteiger partial charge in [0.2, 0.25) is 11.6 Å². The smallest absolute Gasteiger partial charge is 0.487 e. The molecule has 0 saturated carbocycles. The van der Waals surface area contributed by atoms with Gasteiger partial charge in [0.1, 0.15) is 23.1 Å². The zero-order valence-electron chi connectivity index (χ0n) is 24.7. The molecule has 0 atom stereocenters. The van der Waals surface area contributed by atoms with Crippen molar-refractivity contribution in [1.29, 1.82) is 0 Å². The average molecular weight is 718 g/mol. The molecule has 0 fully saturated rings. The molecule has 0 radical (unpaired) electrons. The van der Waals surface area contributed by atoms with Gasteiger partial charge in [-0.15, -0.1) is 0 Å². The van der Waals surface area contributed by atoms with E-state index in [1.807, 2.05) is 0 Å². The van der Waals surface area contributed by atoms with Crippen molar-refractivity contribution in [2.24, 2.45) is 0 Å². The second kappa shape index (κ2) is 11.4. The minimum absolute atomic E-state index is 0.0267. The molecule has 1 aliphatic rings. The summed E-state index contributed by atoms with van der Waals surface area (Å²) in [6, 6.07) is 8.35. The van der Waals surface area contributed by atoms with E-state index in [1.54, 1.807) is 0 Å². The summed E-state index contributed by atoms with van der Waals surface area (Å²) < 4.78 is 196. The van der Waals surface area contributed by atoms with Crippen molar-refractivity contribution in [2.75, 3.05) is 0 Å². The second-order valence-electron chi connectivity index (χ2n) is 11.4. The van der Waals surface area contributed by atoms with Crippen LogP contribution in [0.15, 0.2) is 54.6 Å². The predicted octanol–water partition coefficient (Wildman–Crippen LogP) is 10.3. The Morgan fingerprint density at radius 1 is 0.431 bits per heavy atom. The van der Waals surface area contributed by atoms with Gasteiger partial charge in [-0.05, 0) is 41.3 Å². The lowest BCUT2D eigenvalue weighted by molar-refractivity contribution is 0.280. The molecule has 256 valence electrons. The maximum absolute atomic E-state index is 15.8. The zero-order valence-corrected chi connectivity index (χ0v) is 24.7. The fourth-order valence-corrected chi connectivity index (χ4v) is 6.42. The average Bonchev–Trinajstić information content (AvgIpc) is 3.51.